The van der Waals surface area contributed by atoms with E-state index in [0.29, 0.717) is 18.0 Å². The van der Waals surface area contributed by atoms with Crippen molar-refractivity contribution in [2.24, 2.45) is 0 Å². The molecule has 0 spiro atoms. The number of thioether (sulfide) groups is 1. The summed E-state index contributed by atoms with van der Waals surface area (Å²) in [6.45, 7) is 0.468. The number of nitrogens with zero attached hydrogens (tertiary/aromatic N) is 1. The minimum Gasteiger partial charge on any atom is -0.410 e. The van der Waals surface area contributed by atoms with E-state index in [9.17, 15) is 19.2 Å². The second-order valence-electron chi connectivity index (χ2n) is 6.55. The van der Waals surface area contributed by atoms with E-state index in [1.807, 2.05) is 6.07 Å². The molecule has 0 fully saturated rings. The number of amides is 2. The molecule has 1 aromatic heterocycles. The predicted molar refractivity (Wildman–Crippen MR) is 113 cm³/mol. The molecule has 2 amide bonds. The quantitative estimate of drug-likeness (QED) is 0.566. The molecule has 1 aromatic carbocycles. The van der Waals surface area contributed by atoms with Crippen molar-refractivity contribution in [1.82, 2.24) is 15.8 Å². The first-order valence-corrected chi connectivity index (χ1v) is 10.7. The van der Waals surface area contributed by atoms with Gasteiger partial charge in [0.25, 0.3) is 5.91 Å². The van der Waals surface area contributed by atoms with Gasteiger partial charge in [-0.1, -0.05) is 29.8 Å². The Labute approximate surface area is 182 Å². The average Bonchev–Trinajstić information content (AvgIpc) is 3.22. The zero-order valence-corrected chi connectivity index (χ0v) is 17.6. The Morgan fingerprint density at radius 3 is 2.65 bits per heavy atom. The second-order valence-corrected chi connectivity index (χ2v) is 7.69. The van der Waals surface area contributed by atoms with Crippen molar-refractivity contribution in [3.63, 3.8) is 0 Å². The molecule has 0 saturated carbocycles. The first kappa shape index (κ1) is 22.3. The molecule has 1 aliphatic carbocycles. The van der Waals surface area contributed by atoms with Gasteiger partial charge >= 0.3 is 6.09 Å². The molecule has 0 aliphatic heterocycles. The van der Waals surface area contributed by atoms with Crippen molar-refractivity contribution >= 4 is 35.3 Å². The summed E-state index contributed by atoms with van der Waals surface area (Å²) in [6, 6.07) is 8.79. The van der Waals surface area contributed by atoms with Crippen LogP contribution in [0.1, 0.15) is 50.7 Å². The number of fused-ring (bicyclic) bond motifs is 1. The van der Waals surface area contributed by atoms with Gasteiger partial charge in [-0.25, -0.2) is 4.79 Å². The predicted octanol–water partition coefficient (Wildman–Crippen LogP) is 2.99. The van der Waals surface area contributed by atoms with Gasteiger partial charge in [-0.15, -0.1) is 11.8 Å². The van der Waals surface area contributed by atoms with Crippen molar-refractivity contribution in [2.75, 3.05) is 19.3 Å². The number of hydrogen-bond acceptors (Lipinski definition) is 8. The summed E-state index contributed by atoms with van der Waals surface area (Å²) in [5, 5.41) is 8.61. The van der Waals surface area contributed by atoms with Crippen molar-refractivity contribution in [1.29, 1.82) is 0 Å². The van der Waals surface area contributed by atoms with Gasteiger partial charge in [-0.3, -0.25) is 14.4 Å². The van der Waals surface area contributed by atoms with Gasteiger partial charge in [0.05, 0.1) is 4.91 Å². The maximum atomic E-state index is 12.7. The van der Waals surface area contributed by atoms with E-state index >= 15 is 0 Å². The zero-order chi connectivity index (χ0) is 22.2. The van der Waals surface area contributed by atoms with E-state index in [4.69, 9.17) is 9.26 Å². The molecule has 31 heavy (non-hydrogen) atoms. The summed E-state index contributed by atoms with van der Waals surface area (Å²) in [6.07, 6.45) is 3.05. The van der Waals surface area contributed by atoms with Crippen LogP contribution in [0.2, 0.25) is 0 Å². The zero-order valence-electron chi connectivity index (χ0n) is 16.8. The smallest absolute Gasteiger partial charge is 0.410 e. The number of ether oxygens (including phenoxy) is 1. The number of allylic oxidation sites excluding steroid dienone is 2. The summed E-state index contributed by atoms with van der Waals surface area (Å²) in [5.74, 6) is -0.635. The lowest BCUT2D eigenvalue weighted by Gasteiger charge is -2.10. The molecule has 2 N–H and O–H groups in total. The second kappa shape index (κ2) is 10.6. The largest absolute Gasteiger partial charge is 0.412 e. The Balaban J connectivity index is 1.39. The molecule has 3 rings (SSSR count). The van der Waals surface area contributed by atoms with Crippen molar-refractivity contribution < 1.29 is 28.4 Å². The summed E-state index contributed by atoms with van der Waals surface area (Å²) >= 11 is 1.25. The van der Waals surface area contributed by atoms with Gasteiger partial charge in [-0.2, -0.15) is 0 Å². The van der Waals surface area contributed by atoms with Crippen LogP contribution in [-0.2, 0) is 0 Å². The van der Waals surface area contributed by atoms with Crippen LogP contribution in [0.15, 0.2) is 45.8 Å². The highest BCUT2D eigenvalue weighted by Crippen LogP contribution is 2.31. The van der Waals surface area contributed by atoms with Gasteiger partial charge in [0.15, 0.2) is 5.69 Å². The summed E-state index contributed by atoms with van der Waals surface area (Å²) in [7, 11) is 1.40. The minimum absolute atomic E-state index is 0.0875. The summed E-state index contributed by atoms with van der Waals surface area (Å²) in [4.78, 5) is 48.7. The number of carbonyl (C=O) groups is 4. The fourth-order valence-corrected chi connectivity index (χ4v) is 3.82. The molecule has 1 heterocycles. The molecule has 2 aromatic rings. The molecule has 0 unspecified atom stereocenters. The van der Waals surface area contributed by atoms with Crippen LogP contribution in [0.3, 0.4) is 0 Å². The fourth-order valence-electron chi connectivity index (χ4n) is 2.83. The van der Waals surface area contributed by atoms with E-state index in [0.717, 1.165) is 19.3 Å². The summed E-state index contributed by atoms with van der Waals surface area (Å²) < 4.78 is 10.0. The highest BCUT2D eigenvalue weighted by Gasteiger charge is 2.35. The van der Waals surface area contributed by atoms with E-state index in [2.05, 4.69) is 15.8 Å². The third kappa shape index (κ3) is 5.60. The van der Waals surface area contributed by atoms with E-state index in [1.165, 1.54) is 24.9 Å². The van der Waals surface area contributed by atoms with Crippen LogP contribution < -0.4 is 15.4 Å². The van der Waals surface area contributed by atoms with Gasteiger partial charge in [0.2, 0.25) is 17.3 Å². The highest BCUT2D eigenvalue weighted by molar-refractivity contribution is 8.04. The van der Waals surface area contributed by atoms with Crippen molar-refractivity contribution in [3.8, 4) is 5.75 Å². The molecule has 9 nitrogen and oxygen atoms in total. The Bertz CT molecular complexity index is 1020. The monoisotopic (exact) mass is 443 g/mol. The van der Waals surface area contributed by atoms with E-state index < -0.39 is 23.6 Å². The van der Waals surface area contributed by atoms with Gasteiger partial charge in [0, 0.05) is 19.7 Å². The molecule has 0 saturated heterocycles. The molecular weight excluding hydrogens is 422 g/mol. The fraction of sp³-hybridized carbons (Fsp3) is 0.286. The normalized spacial score (nSPS) is 12.7. The minimum atomic E-state index is -0.587. The standard InChI is InChI=1S/C21H21N3O6S/c1-22-20(27)17-16-18(26)15(12-14(25)19(16)30-24-17)31-11-7-3-6-10-23-21(28)29-13-8-4-2-5-9-13/h2,4-5,8-9,12H,3,6-7,10-11H2,1H3,(H,22,27)(H,23,28). The van der Waals surface area contributed by atoms with Crippen molar-refractivity contribution in [3.05, 3.63) is 58.3 Å². The number of unbranched alkanes of at least 4 members (excludes halogenated alkanes) is 2. The van der Waals surface area contributed by atoms with Crippen LogP contribution in [0.5, 0.6) is 5.75 Å². The SMILES string of the molecule is CNC(=O)c1noc2c1C(=O)C(SCCCCCNC(=O)Oc1ccccc1)=CC2=O. The Kier molecular flexibility index (Phi) is 7.60. The molecule has 162 valence electrons. The summed E-state index contributed by atoms with van der Waals surface area (Å²) in [5.41, 5.74) is -0.272. The van der Waals surface area contributed by atoms with E-state index in [1.54, 1.807) is 24.3 Å². The maximum Gasteiger partial charge on any atom is 0.412 e. The Hall–Kier alpha value is -3.40. The molecule has 0 atom stereocenters. The Morgan fingerprint density at radius 2 is 1.90 bits per heavy atom. The first-order chi connectivity index (χ1) is 15.0. The lowest BCUT2D eigenvalue weighted by atomic mass is 10.00. The number of Topliss-reactive ketones (excluding diaryl/α,β-unsaturated/α-hetero) is 1. The number of rotatable bonds is 9. The number of para-hydroxylation sites is 1. The maximum absolute atomic E-state index is 12.7. The highest BCUT2D eigenvalue weighted by atomic mass is 32.2. The van der Waals surface area contributed by atoms with Crippen LogP contribution in [0.4, 0.5) is 4.79 Å². The lowest BCUT2D eigenvalue weighted by Crippen LogP contribution is -2.27. The van der Waals surface area contributed by atoms with Gasteiger partial charge < -0.3 is 19.9 Å². The number of aromatic nitrogens is 1. The molecule has 1 aliphatic rings. The van der Waals surface area contributed by atoms with Gasteiger partial charge in [0.1, 0.15) is 11.3 Å². The third-order valence-electron chi connectivity index (χ3n) is 4.37. The Morgan fingerprint density at radius 1 is 1.13 bits per heavy atom. The van der Waals surface area contributed by atoms with Gasteiger partial charge in [-0.05, 0) is 30.7 Å². The molecule has 0 radical (unpaired) electrons. The number of nitrogens with one attached hydrogen (secondary N) is 2. The topological polar surface area (TPSA) is 128 Å². The molecular formula is C21H21N3O6S. The number of hydrogen-bond donors (Lipinski definition) is 2. The molecule has 0 bridgehead atoms. The van der Waals surface area contributed by atoms with Crippen LogP contribution >= 0.6 is 11.8 Å². The molecule has 10 heteroatoms. The van der Waals surface area contributed by atoms with Crippen LogP contribution in [0.25, 0.3) is 0 Å². The van der Waals surface area contributed by atoms with E-state index in [-0.39, 0.29) is 21.9 Å². The number of ketones is 2. The first-order valence-electron chi connectivity index (χ1n) is 9.67. The lowest BCUT2D eigenvalue weighted by molar-refractivity contribution is 0.0944. The number of carbonyl (C=O) groups excluding carboxylic acids is 4. The van der Waals surface area contributed by atoms with Crippen LogP contribution in [-0.4, -0.2) is 48.1 Å². The number of benzene rings is 1. The third-order valence-corrected chi connectivity index (χ3v) is 5.48. The van der Waals surface area contributed by atoms with Crippen LogP contribution in [0, 0.1) is 0 Å². The average molecular weight is 443 g/mol. The van der Waals surface area contributed by atoms with Crippen molar-refractivity contribution in [2.45, 2.75) is 19.3 Å².